The van der Waals surface area contributed by atoms with Gasteiger partial charge < -0.3 is 14.6 Å². The van der Waals surface area contributed by atoms with Crippen LogP contribution in [-0.4, -0.2) is 30.8 Å². The van der Waals surface area contributed by atoms with Gasteiger partial charge in [0.15, 0.2) is 11.5 Å². The average molecular weight is 454 g/mol. The highest BCUT2D eigenvalue weighted by atomic mass is 35.8. The van der Waals surface area contributed by atoms with Crippen LogP contribution < -0.4 is 9.47 Å². The number of carboxylic acids is 1. The zero-order valence-electron chi connectivity index (χ0n) is 15.8. The molecule has 0 amide bonds. The van der Waals surface area contributed by atoms with E-state index in [-0.39, 0.29) is 0 Å². The molecular weight excluding hydrogens is 427 g/mol. The lowest BCUT2D eigenvalue weighted by Gasteiger charge is -2.11. The van der Waals surface area contributed by atoms with E-state index in [0.29, 0.717) is 36.1 Å². The fourth-order valence-electron chi connectivity index (χ4n) is 2.54. The van der Waals surface area contributed by atoms with Crippen LogP contribution in [0.15, 0.2) is 23.8 Å². The van der Waals surface area contributed by atoms with Gasteiger partial charge in [0, 0.05) is 5.57 Å². The van der Waals surface area contributed by atoms with E-state index in [2.05, 4.69) is 0 Å². The molecule has 0 saturated carbocycles. The van der Waals surface area contributed by atoms with Crippen molar-refractivity contribution in [1.82, 2.24) is 0 Å². The Hall–Kier alpha value is -0.883. The maximum absolute atomic E-state index is 11.5. The Morgan fingerprint density at radius 3 is 2.44 bits per heavy atom. The van der Waals surface area contributed by atoms with Crippen LogP contribution in [0.4, 0.5) is 0 Å². The maximum Gasteiger partial charge on any atom is 0.341 e. The molecule has 0 aliphatic heterocycles. The maximum atomic E-state index is 11.5. The zero-order chi connectivity index (χ0) is 20.3. The van der Waals surface area contributed by atoms with Crippen LogP contribution in [0.2, 0.25) is 6.04 Å². The van der Waals surface area contributed by atoms with Crippen LogP contribution in [0.25, 0.3) is 6.08 Å². The van der Waals surface area contributed by atoms with Crippen molar-refractivity contribution in [3.63, 3.8) is 0 Å². The molecular formula is C19H27Cl3O4Si. The molecule has 0 radical (unpaired) electrons. The monoisotopic (exact) mass is 452 g/mol. The van der Waals surface area contributed by atoms with Gasteiger partial charge in [0.05, 0.1) is 13.7 Å². The minimum Gasteiger partial charge on any atom is -0.493 e. The first-order valence-corrected chi connectivity index (χ1v) is 14.3. The Morgan fingerprint density at radius 2 is 1.85 bits per heavy atom. The van der Waals surface area contributed by atoms with Gasteiger partial charge >= 0.3 is 12.0 Å². The lowest BCUT2D eigenvalue weighted by Crippen LogP contribution is -2.07. The third kappa shape index (κ3) is 10.3. The van der Waals surface area contributed by atoms with Crippen LogP contribution in [0.1, 0.15) is 51.0 Å². The summed E-state index contributed by atoms with van der Waals surface area (Å²) in [5.74, 6) is 0.345. The first-order valence-electron chi connectivity index (χ1n) is 9.08. The van der Waals surface area contributed by atoms with Gasteiger partial charge in [-0.2, -0.15) is 0 Å². The third-order valence-electron chi connectivity index (χ3n) is 3.92. The minimum atomic E-state index is -2.54. The minimum absolute atomic E-state index is 0.370. The van der Waals surface area contributed by atoms with E-state index in [1.807, 2.05) is 13.0 Å². The van der Waals surface area contributed by atoms with E-state index in [4.69, 9.17) is 42.7 Å². The Bertz CT molecular complexity index is 630. The summed E-state index contributed by atoms with van der Waals surface area (Å²) in [5.41, 5.74) is 1.14. The second kappa shape index (κ2) is 12.6. The first kappa shape index (κ1) is 24.2. The van der Waals surface area contributed by atoms with Crippen LogP contribution >= 0.6 is 33.2 Å². The summed E-state index contributed by atoms with van der Waals surface area (Å²) in [6.45, 7) is 2.63. The number of carboxylic acid groups (broad SMARTS) is 1. The largest absolute Gasteiger partial charge is 0.493 e. The summed E-state index contributed by atoms with van der Waals surface area (Å²) in [5, 5.41) is 9.47. The number of rotatable bonds is 13. The fraction of sp³-hybridized carbons (Fsp3) is 0.526. The Balaban J connectivity index is 2.66. The molecule has 0 atom stereocenters. The van der Waals surface area contributed by atoms with E-state index in [9.17, 15) is 9.90 Å². The predicted molar refractivity (Wildman–Crippen MR) is 116 cm³/mol. The number of hydrogen-bond donors (Lipinski definition) is 1. The predicted octanol–water partition coefficient (Wildman–Crippen LogP) is 6.56. The molecule has 1 rings (SSSR count). The van der Waals surface area contributed by atoms with Gasteiger partial charge in [0.1, 0.15) is 0 Å². The Labute approximate surface area is 176 Å². The molecule has 4 nitrogen and oxygen atoms in total. The van der Waals surface area contributed by atoms with Crippen LogP contribution in [-0.2, 0) is 4.79 Å². The van der Waals surface area contributed by atoms with Crippen molar-refractivity contribution in [2.24, 2.45) is 0 Å². The molecule has 0 aromatic heterocycles. The number of hydrogen-bond acceptors (Lipinski definition) is 3. The zero-order valence-corrected chi connectivity index (χ0v) is 19.0. The Kier molecular flexibility index (Phi) is 11.2. The second-order valence-corrected chi connectivity index (χ2v) is 15.5. The topological polar surface area (TPSA) is 55.8 Å². The van der Waals surface area contributed by atoms with Crippen molar-refractivity contribution in [3.05, 3.63) is 29.3 Å². The molecule has 152 valence electrons. The molecule has 1 N–H and O–H groups in total. The third-order valence-corrected chi connectivity index (χ3v) is 6.54. The summed E-state index contributed by atoms with van der Waals surface area (Å²) >= 11 is 17.6. The van der Waals surface area contributed by atoms with Crippen molar-refractivity contribution >= 4 is 51.3 Å². The number of ether oxygens (including phenoxy) is 2. The average Bonchev–Trinajstić information content (AvgIpc) is 2.61. The van der Waals surface area contributed by atoms with E-state index in [1.165, 1.54) is 0 Å². The smallest absolute Gasteiger partial charge is 0.341 e. The van der Waals surface area contributed by atoms with Crippen molar-refractivity contribution in [2.75, 3.05) is 13.7 Å². The van der Waals surface area contributed by atoms with Crippen LogP contribution in [0, 0.1) is 0 Å². The van der Waals surface area contributed by atoms with Crippen molar-refractivity contribution < 1.29 is 19.4 Å². The highest BCUT2D eigenvalue weighted by Crippen LogP contribution is 2.30. The van der Waals surface area contributed by atoms with Gasteiger partial charge in [-0.3, -0.25) is 0 Å². The van der Waals surface area contributed by atoms with Gasteiger partial charge in [0.2, 0.25) is 0 Å². The molecule has 27 heavy (non-hydrogen) atoms. The molecule has 0 heterocycles. The summed E-state index contributed by atoms with van der Waals surface area (Å²) in [6, 6.07) is 3.54. The van der Waals surface area contributed by atoms with Gasteiger partial charge in [-0.25, -0.2) is 4.79 Å². The Morgan fingerprint density at radius 1 is 1.15 bits per heavy atom. The fourth-order valence-corrected chi connectivity index (χ4v) is 4.40. The van der Waals surface area contributed by atoms with Gasteiger partial charge in [-0.05, 0) is 49.1 Å². The number of benzene rings is 1. The summed E-state index contributed by atoms with van der Waals surface area (Å²) in [7, 11) is 1.57. The van der Waals surface area contributed by atoms with Gasteiger partial charge in [0.25, 0.3) is 0 Å². The van der Waals surface area contributed by atoms with Crippen LogP contribution in [0.5, 0.6) is 11.5 Å². The van der Waals surface area contributed by atoms with E-state index in [1.54, 1.807) is 25.3 Å². The highest BCUT2D eigenvalue weighted by Gasteiger charge is 2.23. The summed E-state index contributed by atoms with van der Waals surface area (Å²) in [6.07, 6.45) is 6.58. The SMILES string of the molecule is CCCOc1ccc(/C=C(\CCCCCC[Si](Cl)(Cl)Cl)C(=O)O)cc1OC. The molecule has 0 spiro atoms. The van der Waals surface area contributed by atoms with Gasteiger partial charge in [-0.1, -0.05) is 32.3 Å². The molecule has 0 fully saturated rings. The molecule has 0 unspecified atom stereocenters. The molecule has 8 heteroatoms. The summed E-state index contributed by atoms with van der Waals surface area (Å²) < 4.78 is 11.0. The molecule has 1 aromatic rings. The molecule has 0 bridgehead atoms. The van der Waals surface area contributed by atoms with Gasteiger partial charge in [-0.15, -0.1) is 33.2 Å². The number of aliphatic carboxylic acids is 1. The second-order valence-electron chi connectivity index (χ2n) is 6.26. The molecule has 0 aliphatic carbocycles. The van der Waals surface area contributed by atoms with Crippen molar-refractivity contribution in [1.29, 1.82) is 0 Å². The summed E-state index contributed by atoms with van der Waals surface area (Å²) in [4.78, 5) is 11.5. The molecule has 0 aliphatic rings. The molecule has 0 saturated heterocycles. The lowest BCUT2D eigenvalue weighted by molar-refractivity contribution is -0.132. The number of methoxy groups -OCH3 is 1. The number of halogens is 3. The lowest BCUT2D eigenvalue weighted by atomic mass is 10.0. The normalized spacial score (nSPS) is 12.1. The van der Waals surface area contributed by atoms with E-state index >= 15 is 0 Å². The quantitative estimate of drug-likeness (QED) is 0.159. The molecule has 1 aromatic carbocycles. The van der Waals surface area contributed by atoms with Crippen LogP contribution in [0.3, 0.4) is 0 Å². The van der Waals surface area contributed by atoms with Crippen molar-refractivity contribution in [2.45, 2.75) is 51.5 Å². The number of unbranched alkanes of at least 4 members (excludes halogenated alkanes) is 3. The highest BCUT2D eigenvalue weighted by molar-refractivity contribution is 7.64. The van der Waals surface area contributed by atoms with E-state index in [0.717, 1.165) is 37.7 Å². The van der Waals surface area contributed by atoms with E-state index < -0.39 is 12.0 Å². The number of carbonyl (C=O) groups is 1. The standard InChI is InChI=1S/C19H27Cl3O4Si/c1-3-11-26-17-10-9-15(14-18(17)25-2)13-16(19(23)24)8-6-4-5-7-12-27(20,21)22/h9-10,13-14H,3-8,11-12H2,1-2H3,(H,23,24)/b16-13+. The van der Waals surface area contributed by atoms with Crippen molar-refractivity contribution in [3.8, 4) is 11.5 Å². The first-order chi connectivity index (χ1) is 12.8.